The van der Waals surface area contributed by atoms with Crippen LogP contribution in [0.4, 0.5) is 0 Å². The van der Waals surface area contributed by atoms with Gasteiger partial charge in [0.05, 0.1) is 95.3 Å². The molecule has 3 aliphatic heterocycles. The van der Waals surface area contributed by atoms with Crippen molar-refractivity contribution in [2.75, 3.05) is 94.2 Å². The lowest BCUT2D eigenvalue weighted by atomic mass is 9.87. The van der Waals surface area contributed by atoms with Crippen molar-refractivity contribution in [3.63, 3.8) is 0 Å². The van der Waals surface area contributed by atoms with Crippen molar-refractivity contribution >= 4 is 47.3 Å². The van der Waals surface area contributed by atoms with Crippen LogP contribution in [-0.2, 0) is 84.7 Å². The van der Waals surface area contributed by atoms with Crippen LogP contribution in [0, 0.1) is 23.7 Å². The molecule has 5 rings (SSSR count). The Bertz CT molecular complexity index is 2450. The number of likely N-dealkylation sites (tertiary alicyclic amines) is 1. The number of imide groups is 2. The summed E-state index contributed by atoms with van der Waals surface area (Å²) in [4.78, 5) is 123. The highest BCUT2D eigenvalue weighted by atomic mass is 16.7. The molecule has 2 aromatic rings. The standard InChI is InChI=1S/C63H97N7O16/c1-12-44(6)58(67(9)57(43(4)5)62(77)65-61(76)56(42(2)3)66(8)31-34-82-36-38-83-37-35-81-33-28-55(74)86-70-52(71)26-27-53(70)72)51(79-10)40-54(73)68-29-18-21-50(68)59(80-11)45(7)60(75)64-49(63(78)69-30-16-17-32-85-69)39-46-22-24-48(25-23-46)84-41-47-19-14-13-15-20-47/h13-15,19-20,22-25,42-45,49-51,56-59H,12,16-18,21,26-41H2,1-11H3,(H,64,75)(H,65,76,77)/t44-,45+,49-,50-,51+,56-,57-,58-,59+/m0/s1. The number of hydrogen-bond acceptors (Lipinski definition) is 18. The Morgan fingerprint density at radius 3 is 1.94 bits per heavy atom. The molecule has 23 nitrogen and oxygen atoms in total. The predicted octanol–water partition coefficient (Wildman–Crippen LogP) is 4.91. The number of likely N-dealkylation sites (N-methyl/N-ethyl adjacent to an activating group) is 2. The van der Waals surface area contributed by atoms with Gasteiger partial charge in [0.1, 0.15) is 18.4 Å². The minimum atomic E-state index is -0.945. The first kappa shape index (κ1) is 70.8. The summed E-state index contributed by atoms with van der Waals surface area (Å²) >= 11 is 0. The van der Waals surface area contributed by atoms with E-state index in [1.807, 2.05) is 106 Å². The summed E-state index contributed by atoms with van der Waals surface area (Å²) in [6.45, 7) is 16.9. The molecule has 480 valence electrons. The Morgan fingerprint density at radius 2 is 1.35 bits per heavy atom. The maximum absolute atomic E-state index is 14.7. The Balaban J connectivity index is 1.14. The summed E-state index contributed by atoms with van der Waals surface area (Å²) in [5, 5.41) is 7.64. The van der Waals surface area contributed by atoms with Gasteiger partial charge in [-0.05, 0) is 80.8 Å². The Kier molecular flexibility index (Phi) is 30.0. The maximum Gasteiger partial charge on any atom is 0.335 e. The van der Waals surface area contributed by atoms with Gasteiger partial charge in [-0.25, -0.2) is 9.86 Å². The van der Waals surface area contributed by atoms with Gasteiger partial charge in [-0.1, -0.05) is 97.4 Å². The quantitative estimate of drug-likeness (QED) is 0.0673. The van der Waals surface area contributed by atoms with E-state index in [4.69, 9.17) is 38.1 Å². The first-order valence-corrected chi connectivity index (χ1v) is 30.6. The minimum Gasteiger partial charge on any atom is -0.489 e. The van der Waals surface area contributed by atoms with Gasteiger partial charge < -0.3 is 43.5 Å². The van der Waals surface area contributed by atoms with Gasteiger partial charge in [0, 0.05) is 59.2 Å². The van der Waals surface area contributed by atoms with E-state index in [1.54, 1.807) is 26.0 Å². The second-order valence-electron chi connectivity index (χ2n) is 23.3. The topological polar surface area (TPSA) is 251 Å². The van der Waals surface area contributed by atoms with Gasteiger partial charge in [0.2, 0.25) is 23.6 Å². The molecule has 7 amide bonds. The van der Waals surface area contributed by atoms with Crippen molar-refractivity contribution in [3.8, 4) is 5.75 Å². The summed E-state index contributed by atoms with van der Waals surface area (Å²) < 4.78 is 35.1. The number of methoxy groups -OCH3 is 2. The molecular formula is C63H97N7O16. The molecule has 0 bridgehead atoms. The van der Waals surface area contributed by atoms with Crippen LogP contribution >= 0.6 is 0 Å². The molecule has 23 heteroatoms. The molecule has 2 aromatic carbocycles. The largest absolute Gasteiger partial charge is 0.489 e. The lowest BCUT2D eigenvalue weighted by molar-refractivity contribution is -0.199. The molecule has 2 N–H and O–H groups in total. The normalized spacial score (nSPS) is 18.5. The van der Waals surface area contributed by atoms with Crippen LogP contribution in [0.15, 0.2) is 54.6 Å². The van der Waals surface area contributed by atoms with Crippen LogP contribution in [0.2, 0.25) is 0 Å². The van der Waals surface area contributed by atoms with E-state index in [2.05, 4.69) is 17.6 Å². The number of hydroxylamine groups is 4. The molecule has 3 aliphatic rings. The van der Waals surface area contributed by atoms with E-state index in [1.165, 1.54) is 12.2 Å². The predicted molar refractivity (Wildman–Crippen MR) is 318 cm³/mol. The number of nitrogens with zero attached hydrogens (tertiary/aromatic N) is 5. The molecule has 9 atom stereocenters. The SMILES string of the molecule is CC[C@H](C)[C@@H]([C@@H](CC(=O)N1CCC[C@H]1[C@H](OC)[C@@H](C)C(=O)N[C@@H](Cc1ccc(OCc2ccccc2)cc1)C(=O)N1CCCCO1)OC)N(C)[C@H](C(=O)NC(=O)[C@H](C(C)C)N(C)CCOCCOCCOCCC(=O)ON1C(=O)CCC1=O)C(C)C. The third-order valence-corrected chi connectivity index (χ3v) is 16.4. The van der Waals surface area contributed by atoms with Crippen molar-refractivity contribution in [1.29, 1.82) is 0 Å². The lowest BCUT2D eigenvalue weighted by Gasteiger charge is -2.43. The zero-order valence-electron chi connectivity index (χ0n) is 52.7. The van der Waals surface area contributed by atoms with E-state index < -0.39 is 83.8 Å². The molecular weight excluding hydrogens is 1110 g/mol. The van der Waals surface area contributed by atoms with Crippen LogP contribution in [0.25, 0.3) is 0 Å². The summed E-state index contributed by atoms with van der Waals surface area (Å²) in [5.41, 5.74) is 1.86. The number of nitrogens with one attached hydrogen (secondary N) is 2. The van der Waals surface area contributed by atoms with Crippen LogP contribution in [0.5, 0.6) is 5.75 Å². The molecule has 0 radical (unpaired) electrons. The average molecular weight is 1210 g/mol. The molecule has 3 fully saturated rings. The van der Waals surface area contributed by atoms with Gasteiger partial charge in [-0.15, -0.1) is 5.06 Å². The van der Waals surface area contributed by atoms with Crippen molar-refractivity contribution in [2.24, 2.45) is 23.7 Å². The molecule has 3 heterocycles. The highest BCUT2D eigenvalue weighted by Gasteiger charge is 2.44. The summed E-state index contributed by atoms with van der Waals surface area (Å²) in [6.07, 6.45) is 2.31. The molecule has 86 heavy (non-hydrogen) atoms. The van der Waals surface area contributed by atoms with Gasteiger partial charge in [-0.3, -0.25) is 53.5 Å². The first-order valence-electron chi connectivity index (χ1n) is 30.6. The number of carbonyl (C=O) groups excluding carboxylic acids is 8. The number of carbonyl (C=O) groups is 8. The van der Waals surface area contributed by atoms with Crippen molar-refractivity contribution in [1.82, 2.24) is 35.5 Å². The highest BCUT2D eigenvalue weighted by molar-refractivity contribution is 6.02. The molecule has 0 aromatic heterocycles. The molecule has 0 unspecified atom stereocenters. The van der Waals surface area contributed by atoms with Gasteiger partial charge in [-0.2, -0.15) is 0 Å². The summed E-state index contributed by atoms with van der Waals surface area (Å²) in [6, 6.07) is 14.1. The summed E-state index contributed by atoms with van der Waals surface area (Å²) in [5.74, 6) is -4.21. The van der Waals surface area contributed by atoms with Crippen molar-refractivity contribution < 1.29 is 76.5 Å². The third-order valence-electron chi connectivity index (χ3n) is 16.4. The van der Waals surface area contributed by atoms with E-state index in [-0.39, 0.29) is 101 Å². The van der Waals surface area contributed by atoms with Gasteiger partial charge in [0.15, 0.2) is 0 Å². The van der Waals surface area contributed by atoms with Gasteiger partial charge >= 0.3 is 5.97 Å². The zero-order valence-corrected chi connectivity index (χ0v) is 52.7. The van der Waals surface area contributed by atoms with Gasteiger partial charge in [0.25, 0.3) is 17.7 Å². The number of ether oxygens (including phenoxy) is 6. The van der Waals surface area contributed by atoms with E-state index >= 15 is 0 Å². The fourth-order valence-electron chi connectivity index (χ4n) is 11.6. The van der Waals surface area contributed by atoms with Crippen LogP contribution in [-0.4, -0.2) is 209 Å². The number of hydrogen-bond donors (Lipinski definition) is 2. The monoisotopic (exact) mass is 1210 g/mol. The second-order valence-corrected chi connectivity index (χ2v) is 23.3. The third kappa shape index (κ3) is 21.2. The van der Waals surface area contributed by atoms with Crippen LogP contribution < -0.4 is 15.4 Å². The van der Waals surface area contributed by atoms with E-state index in [0.717, 1.165) is 24.0 Å². The zero-order chi connectivity index (χ0) is 62.9. The summed E-state index contributed by atoms with van der Waals surface area (Å²) in [7, 11) is 6.75. The minimum absolute atomic E-state index is 0.0183. The van der Waals surface area contributed by atoms with Crippen LogP contribution in [0.1, 0.15) is 117 Å². The first-order chi connectivity index (χ1) is 41.2. The van der Waals surface area contributed by atoms with E-state index in [9.17, 15) is 38.4 Å². The van der Waals surface area contributed by atoms with Crippen molar-refractivity contribution in [2.45, 2.75) is 162 Å². The number of rotatable bonds is 37. The number of amides is 7. The average Bonchev–Trinajstić information content (AvgIpc) is 2.88. The fraction of sp³-hybridized carbons (Fsp3) is 0.683. The number of benzene rings is 2. The molecule has 0 spiro atoms. The Hall–Kier alpha value is -5.92. The van der Waals surface area contributed by atoms with Crippen molar-refractivity contribution in [3.05, 3.63) is 65.7 Å². The second kappa shape index (κ2) is 36.4. The Morgan fingerprint density at radius 1 is 0.721 bits per heavy atom. The fourth-order valence-corrected chi connectivity index (χ4v) is 11.6. The smallest absolute Gasteiger partial charge is 0.335 e. The highest BCUT2D eigenvalue weighted by Crippen LogP contribution is 2.31. The maximum atomic E-state index is 14.7. The van der Waals surface area contributed by atoms with Crippen LogP contribution in [0.3, 0.4) is 0 Å². The lowest BCUT2D eigenvalue weighted by Crippen LogP contribution is -2.60. The van der Waals surface area contributed by atoms with E-state index in [0.29, 0.717) is 62.9 Å². The molecule has 3 saturated heterocycles. The molecule has 0 saturated carbocycles. The molecule has 0 aliphatic carbocycles. The Labute approximate surface area is 508 Å².